The lowest BCUT2D eigenvalue weighted by Gasteiger charge is -2.41. The molecule has 138 valence electrons. The minimum atomic E-state index is 0.0640. The number of fused-ring (bicyclic) bond motifs is 2. The molecule has 1 unspecified atom stereocenters. The number of carbonyl (C=O) groups is 1. The van der Waals surface area contributed by atoms with Crippen LogP contribution in [0.15, 0.2) is 42.6 Å². The van der Waals surface area contributed by atoms with Crippen molar-refractivity contribution in [2.75, 3.05) is 26.2 Å². The summed E-state index contributed by atoms with van der Waals surface area (Å²) in [5.74, 6) is 0.0640. The van der Waals surface area contributed by atoms with Crippen molar-refractivity contribution in [1.82, 2.24) is 29.8 Å². The molecule has 3 heterocycles. The minimum Gasteiger partial charge on any atom is -0.336 e. The van der Waals surface area contributed by atoms with Gasteiger partial charge in [-0.1, -0.05) is 24.3 Å². The van der Waals surface area contributed by atoms with E-state index in [0.717, 1.165) is 39.0 Å². The lowest BCUT2D eigenvalue weighted by atomic mass is 9.87. The van der Waals surface area contributed by atoms with E-state index in [1.165, 1.54) is 17.5 Å². The van der Waals surface area contributed by atoms with Crippen LogP contribution in [0.5, 0.6) is 0 Å². The number of carbonyl (C=O) groups excluding carboxylic acids is 1. The molecule has 7 nitrogen and oxygen atoms in total. The first-order chi connectivity index (χ1) is 13.3. The zero-order chi connectivity index (χ0) is 18.2. The van der Waals surface area contributed by atoms with Gasteiger partial charge in [-0.05, 0) is 52.9 Å². The summed E-state index contributed by atoms with van der Waals surface area (Å²) in [5, 5.41) is 11.4. The highest BCUT2D eigenvalue weighted by molar-refractivity contribution is 5.95. The third-order valence-electron chi connectivity index (χ3n) is 5.88. The first kappa shape index (κ1) is 16.4. The van der Waals surface area contributed by atoms with Crippen molar-refractivity contribution in [3.05, 3.63) is 59.3 Å². The molecule has 1 aliphatic heterocycles. The molecule has 0 radical (unpaired) electrons. The number of hydrogen-bond acceptors (Lipinski definition) is 5. The van der Waals surface area contributed by atoms with Crippen molar-refractivity contribution in [3.8, 4) is 0 Å². The monoisotopic (exact) mass is 362 g/mol. The Morgan fingerprint density at radius 3 is 2.70 bits per heavy atom. The van der Waals surface area contributed by atoms with Gasteiger partial charge in [0.25, 0.3) is 5.91 Å². The van der Waals surface area contributed by atoms with Gasteiger partial charge >= 0.3 is 0 Å². The van der Waals surface area contributed by atoms with Gasteiger partial charge in [0.1, 0.15) is 0 Å². The van der Waals surface area contributed by atoms with Crippen LogP contribution in [-0.4, -0.2) is 68.0 Å². The predicted octanol–water partition coefficient (Wildman–Crippen LogP) is 1.44. The molecule has 2 aromatic heterocycles. The summed E-state index contributed by atoms with van der Waals surface area (Å²) in [5.41, 5.74) is 4.24. The number of hydrogen-bond donors (Lipinski definition) is 0. The van der Waals surface area contributed by atoms with Crippen molar-refractivity contribution in [2.45, 2.75) is 25.3 Å². The molecule has 1 aliphatic carbocycles. The standard InChI is InChI=1S/C20H22N6O/c27-20(17-7-8-26-19(14-17)21-22-23-26)25-11-9-24(10-12-25)18-6-5-15-3-1-2-4-16(15)13-18/h1-4,7-8,14,18H,5-6,9-13H2. The Hall–Kier alpha value is -2.80. The van der Waals surface area contributed by atoms with Crippen molar-refractivity contribution in [2.24, 2.45) is 0 Å². The van der Waals surface area contributed by atoms with Gasteiger partial charge < -0.3 is 4.90 Å². The average Bonchev–Trinajstić information content (AvgIpc) is 3.21. The Balaban J connectivity index is 1.23. The lowest BCUT2D eigenvalue weighted by molar-refractivity contribution is 0.0553. The van der Waals surface area contributed by atoms with E-state index in [4.69, 9.17) is 0 Å². The fourth-order valence-electron chi connectivity index (χ4n) is 4.34. The highest BCUT2D eigenvalue weighted by atomic mass is 16.2. The molecule has 5 rings (SSSR count). The number of rotatable bonds is 2. The second-order valence-corrected chi connectivity index (χ2v) is 7.39. The smallest absolute Gasteiger partial charge is 0.254 e. The second kappa shape index (κ2) is 6.74. The van der Waals surface area contributed by atoms with Gasteiger partial charge in [0, 0.05) is 44.0 Å². The lowest BCUT2D eigenvalue weighted by Crippen LogP contribution is -2.53. The van der Waals surface area contributed by atoms with Crippen molar-refractivity contribution < 1.29 is 4.79 Å². The molecule has 1 amide bonds. The van der Waals surface area contributed by atoms with Gasteiger partial charge in [-0.3, -0.25) is 9.69 Å². The van der Waals surface area contributed by atoms with Crippen LogP contribution in [0.3, 0.4) is 0 Å². The Morgan fingerprint density at radius 1 is 1.04 bits per heavy atom. The molecule has 7 heteroatoms. The zero-order valence-corrected chi connectivity index (χ0v) is 15.2. The van der Waals surface area contributed by atoms with E-state index in [1.807, 2.05) is 4.90 Å². The van der Waals surface area contributed by atoms with Crippen LogP contribution in [0.25, 0.3) is 5.65 Å². The fraction of sp³-hybridized carbons (Fsp3) is 0.400. The summed E-state index contributed by atoms with van der Waals surface area (Å²) in [6, 6.07) is 12.9. The third-order valence-corrected chi connectivity index (χ3v) is 5.88. The van der Waals surface area contributed by atoms with E-state index in [-0.39, 0.29) is 5.91 Å². The third kappa shape index (κ3) is 3.08. The van der Waals surface area contributed by atoms with Gasteiger partial charge in [0.15, 0.2) is 5.65 Å². The second-order valence-electron chi connectivity index (χ2n) is 7.39. The number of benzene rings is 1. The first-order valence-electron chi connectivity index (χ1n) is 9.56. The van der Waals surface area contributed by atoms with E-state index < -0.39 is 0 Å². The van der Waals surface area contributed by atoms with Crippen LogP contribution in [0.2, 0.25) is 0 Å². The number of pyridine rings is 1. The normalized spacial score (nSPS) is 20.6. The SMILES string of the molecule is O=C(c1ccn2nnnc2c1)N1CCN(C2CCc3ccccc3C2)CC1. The number of aromatic nitrogens is 4. The fourth-order valence-corrected chi connectivity index (χ4v) is 4.34. The summed E-state index contributed by atoms with van der Waals surface area (Å²) >= 11 is 0. The number of amides is 1. The summed E-state index contributed by atoms with van der Waals surface area (Å²) in [6.07, 6.45) is 5.23. The Morgan fingerprint density at radius 2 is 1.85 bits per heavy atom. The quantitative estimate of drug-likeness (QED) is 0.690. The van der Waals surface area contributed by atoms with E-state index in [0.29, 0.717) is 17.3 Å². The molecule has 0 bridgehead atoms. The molecule has 0 saturated carbocycles. The molecule has 3 aromatic rings. The van der Waals surface area contributed by atoms with Crippen molar-refractivity contribution in [1.29, 1.82) is 0 Å². The van der Waals surface area contributed by atoms with Crippen molar-refractivity contribution in [3.63, 3.8) is 0 Å². The molecular formula is C20H22N6O. The van der Waals surface area contributed by atoms with Crippen LogP contribution < -0.4 is 0 Å². The summed E-state index contributed by atoms with van der Waals surface area (Å²) in [7, 11) is 0. The largest absolute Gasteiger partial charge is 0.336 e. The first-order valence-corrected chi connectivity index (χ1v) is 9.56. The number of aryl methyl sites for hydroxylation is 1. The van der Waals surface area contributed by atoms with Gasteiger partial charge in [-0.25, -0.2) is 4.52 Å². The molecule has 1 aromatic carbocycles. The number of nitrogens with zero attached hydrogens (tertiary/aromatic N) is 6. The average molecular weight is 362 g/mol. The molecule has 2 aliphatic rings. The minimum absolute atomic E-state index is 0.0640. The molecule has 27 heavy (non-hydrogen) atoms. The maximum Gasteiger partial charge on any atom is 0.254 e. The van der Waals surface area contributed by atoms with Crippen LogP contribution in [0.4, 0.5) is 0 Å². The Labute approximate surface area is 157 Å². The maximum atomic E-state index is 12.8. The Bertz CT molecular complexity index is 975. The van der Waals surface area contributed by atoms with E-state index in [1.54, 1.807) is 22.8 Å². The van der Waals surface area contributed by atoms with Crippen LogP contribution in [-0.2, 0) is 12.8 Å². The molecule has 1 saturated heterocycles. The highest BCUT2D eigenvalue weighted by Gasteiger charge is 2.29. The van der Waals surface area contributed by atoms with Gasteiger partial charge in [0.05, 0.1) is 0 Å². The number of piperazine rings is 1. The van der Waals surface area contributed by atoms with Crippen LogP contribution in [0.1, 0.15) is 27.9 Å². The molecule has 0 spiro atoms. The predicted molar refractivity (Wildman–Crippen MR) is 101 cm³/mol. The van der Waals surface area contributed by atoms with Crippen molar-refractivity contribution >= 4 is 11.6 Å². The number of tetrazole rings is 1. The highest BCUT2D eigenvalue weighted by Crippen LogP contribution is 2.25. The topological polar surface area (TPSA) is 66.6 Å². The van der Waals surface area contributed by atoms with Gasteiger partial charge in [-0.15, -0.1) is 5.10 Å². The van der Waals surface area contributed by atoms with E-state index >= 15 is 0 Å². The van der Waals surface area contributed by atoms with E-state index in [2.05, 4.69) is 44.7 Å². The summed E-state index contributed by atoms with van der Waals surface area (Å²) in [6.45, 7) is 3.42. The maximum absolute atomic E-state index is 12.8. The zero-order valence-electron chi connectivity index (χ0n) is 15.2. The summed E-state index contributed by atoms with van der Waals surface area (Å²) < 4.78 is 1.57. The molecule has 0 N–H and O–H groups in total. The Kier molecular flexibility index (Phi) is 4.09. The van der Waals surface area contributed by atoms with Gasteiger partial charge in [0.2, 0.25) is 0 Å². The summed E-state index contributed by atoms with van der Waals surface area (Å²) in [4.78, 5) is 17.3. The van der Waals surface area contributed by atoms with Crippen LogP contribution >= 0.6 is 0 Å². The van der Waals surface area contributed by atoms with Gasteiger partial charge in [-0.2, -0.15) is 0 Å². The molecular weight excluding hydrogens is 340 g/mol. The van der Waals surface area contributed by atoms with Crippen LogP contribution in [0, 0.1) is 0 Å². The molecule has 1 atom stereocenters. The molecule has 1 fully saturated rings. The van der Waals surface area contributed by atoms with E-state index in [9.17, 15) is 4.79 Å².